The van der Waals surface area contributed by atoms with Gasteiger partial charge < -0.3 is 34.2 Å². The molecule has 5 heterocycles. The minimum atomic E-state index is -0.800. The van der Waals surface area contributed by atoms with Crippen molar-refractivity contribution in [2.45, 2.75) is 69.7 Å². The molecule has 10 heteroatoms. The molecule has 0 spiro atoms. The Bertz CT molecular complexity index is 1600. The first kappa shape index (κ1) is 32.9. The van der Waals surface area contributed by atoms with E-state index in [0.29, 0.717) is 58.2 Å². The minimum absolute atomic E-state index is 0.0106. The van der Waals surface area contributed by atoms with Crippen molar-refractivity contribution in [2.75, 3.05) is 60.0 Å². The first-order valence-corrected chi connectivity index (χ1v) is 18.1. The zero-order chi connectivity index (χ0) is 33.3. The van der Waals surface area contributed by atoms with Crippen molar-refractivity contribution in [3.63, 3.8) is 0 Å². The number of fused-ring (bicyclic) bond motifs is 5. The van der Waals surface area contributed by atoms with E-state index in [1.807, 2.05) is 36.0 Å². The summed E-state index contributed by atoms with van der Waals surface area (Å²) in [5.74, 6) is 0.386. The van der Waals surface area contributed by atoms with Crippen molar-refractivity contribution in [3.05, 3.63) is 47.9 Å². The summed E-state index contributed by atoms with van der Waals surface area (Å²) in [5, 5.41) is 4.19. The number of nitrogens with zero attached hydrogens (tertiary/aromatic N) is 3. The molecule has 4 aliphatic rings. The lowest BCUT2D eigenvalue weighted by atomic mass is 9.64. The van der Waals surface area contributed by atoms with E-state index in [4.69, 9.17) is 9.15 Å². The molecular formula is C38H51N5O5. The summed E-state index contributed by atoms with van der Waals surface area (Å²) in [6.45, 7) is 4.12. The molecule has 2 N–H and O–H groups in total. The van der Waals surface area contributed by atoms with Crippen LogP contribution in [-0.4, -0.2) is 97.4 Å². The summed E-state index contributed by atoms with van der Waals surface area (Å²) < 4.78 is 11.4. The van der Waals surface area contributed by atoms with Gasteiger partial charge in [0.2, 0.25) is 17.7 Å². The minimum Gasteiger partial charge on any atom is -0.464 e. The number of rotatable bonds is 11. The third kappa shape index (κ3) is 6.29. The maximum Gasteiger partial charge on any atom is 0.228 e. The molecule has 7 rings (SSSR count). The van der Waals surface area contributed by atoms with E-state index in [1.165, 1.54) is 31.2 Å². The van der Waals surface area contributed by atoms with Crippen LogP contribution in [0.25, 0.3) is 22.2 Å². The van der Waals surface area contributed by atoms with Gasteiger partial charge in [-0.2, -0.15) is 0 Å². The number of morpholine rings is 1. The van der Waals surface area contributed by atoms with Crippen LogP contribution in [0.5, 0.6) is 0 Å². The molecule has 3 aliphatic heterocycles. The monoisotopic (exact) mass is 657 g/mol. The van der Waals surface area contributed by atoms with Gasteiger partial charge in [-0.05, 0) is 82.4 Å². The summed E-state index contributed by atoms with van der Waals surface area (Å²) in [6, 6.07) is 10.3. The summed E-state index contributed by atoms with van der Waals surface area (Å²) in [7, 11) is 4.03. The average molecular weight is 658 g/mol. The van der Waals surface area contributed by atoms with Gasteiger partial charge in [-0.1, -0.05) is 37.8 Å². The molecule has 1 aromatic carbocycles. The molecule has 0 unspecified atom stereocenters. The van der Waals surface area contributed by atoms with Crippen molar-refractivity contribution < 1.29 is 23.5 Å². The molecule has 2 saturated heterocycles. The highest BCUT2D eigenvalue weighted by atomic mass is 16.5. The van der Waals surface area contributed by atoms with E-state index in [-0.39, 0.29) is 24.1 Å². The fraction of sp³-hybridized carbons (Fsp3) is 0.605. The van der Waals surface area contributed by atoms with Gasteiger partial charge in [-0.3, -0.25) is 14.4 Å². The fourth-order valence-electron chi connectivity index (χ4n) is 9.07. The number of furan rings is 1. The molecule has 2 aromatic heterocycles. The highest BCUT2D eigenvalue weighted by Gasteiger charge is 2.59. The first-order valence-electron chi connectivity index (χ1n) is 18.1. The average Bonchev–Trinajstić information content (AvgIpc) is 3.89. The molecule has 3 atom stereocenters. The van der Waals surface area contributed by atoms with Crippen molar-refractivity contribution in [1.82, 2.24) is 25.0 Å². The van der Waals surface area contributed by atoms with E-state index in [1.54, 1.807) is 6.26 Å². The summed E-state index contributed by atoms with van der Waals surface area (Å²) in [6.07, 6.45) is 10.3. The molecule has 10 nitrogen and oxygen atoms in total. The predicted molar refractivity (Wildman–Crippen MR) is 184 cm³/mol. The van der Waals surface area contributed by atoms with E-state index in [2.05, 4.69) is 33.4 Å². The van der Waals surface area contributed by atoms with Crippen molar-refractivity contribution in [1.29, 1.82) is 0 Å². The lowest BCUT2D eigenvalue weighted by Crippen LogP contribution is -2.66. The lowest BCUT2D eigenvalue weighted by molar-refractivity contribution is -0.169. The smallest absolute Gasteiger partial charge is 0.228 e. The van der Waals surface area contributed by atoms with E-state index < -0.39 is 17.4 Å². The van der Waals surface area contributed by atoms with Crippen LogP contribution in [0.1, 0.15) is 69.0 Å². The molecule has 0 radical (unpaired) electrons. The summed E-state index contributed by atoms with van der Waals surface area (Å²) >= 11 is 0. The third-order valence-electron chi connectivity index (χ3n) is 11.5. The molecule has 3 fully saturated rings. The standard InChI is InChI=1S/C38H51N5O5/c1-41(2)16-6-15-39-34(44)25-28-23-31(37(46)42-18-21-47-22-19-42)38(14-12-26-7-3-4-8-26)35-30(13-17-43(38)36(28)45)29-11-10-27(24-32(29)40-35)33-9-5-20-48-33/h5,9-11,20,24,26,28,31,40H,3-4,6-8,12-19,21-23,25H2,1-2H3,(H,39,44)/t28-,31-,38+/m1/s1. The topological polar surface area (TPSA) is 111 Å². The van der Waals surface area contributed by atoms with Crippen LogP contribution < -0.4 is 5.32 Å². The van der Waals surface area contributed by atoms with E-state index >= 15 is 0 Å². The summed E-state index contributed by atoms with van der Waals surface area (Å²) in [4.78, 5) is 52.7. The molecule has 1 aliphatic carbocycles. The number of ether oxygens (including phenoxy) is 1. The summed E-state index contributed by atoms with van der Waals surface area (Å²) in [5.41, 5.74) is 3.42. The van der Waals surface area contributed by atoms with Crippen LogP contribution in [0.15, 0.2) is 41.0 Å². The van der Waals surface area contributed by atoms with Crippen LogP contribution in [0, 0.1) is 17.8 Å². The Balaban J connectivity index is 1.28. The quantitative estimate of drug-likeness (QED) is 0.283. The Morgan fingerprint density at radius 2 is 1.92 bits per heavy atom. The number of carbonyl (C=O) groups excluding carboxylic acids is 3. The lowest BCUT2D eigenvalue weighted by Gasteiger charge is -2.56. The second-order valence-electron chi connectivity index (χ2n) is 14.7. The highest BCUT2D eigenvalue weighted by molar-refractivity contribution is 5.94. The molecule has 0 bridgehead atoms. The van der Waals surface area contributed by atoms with Gasteiger partial charge >= 0.3 is 0 Å². The number of aromatic amines is 1. The normalized spacial score (nSPS) is 24.7. The van der Waals surface area contributed by atoms with Crippen molar-refractivity contribution in [3.8, 4) is 11.3 Å². The van der Waals surface area contributed by atoms with Gasteiger partial charge in [0.1, 0.15) is 5.76 Å². The Morgan fingerprint density at radius 1 is 1.10 bits per heavy atom. The van der Waals surface area contributed by atoms with Crippen LogP contribution in [0.2, 0.25) is 0 Å². The zero-order valence-electron chi connectivity index (χ0n) is 28.6. The third-order valence-corrected chi connectivity index (χ3v) is 11.5. The van der Waals surface area contributed by atoms with Crippen molar-refractivity contribution >= 4 is 28.6 Å². The largest absolute Gasteiger partial charge is 0.464 e. The van der Waals surface area contributed by atoms with E-state index in [9.17, 15) is 14.4 Å². The number of hydrogen-bond donors (Lipinski definition) is 2. The van der Waals surface area contributed by atoms with Gasteiger partial charge in [-0.15, -0.1) is 0 Å². The Morgan fingerprint density at radius 3 is 2.67 bits per heavy atom. The Labute approximate surface area is 283 Å². The van der Waals surface area contributed by atoms with Crippen LogP contribution in [-0.2, 0) is 31.1 Å². The number of amides is 3. The van der Waals surface area contributed by atoms with Gasteiger partial charge in [0.25, 0.3) is 0 Å². The highest BCUT2D eigenvalue weighted by Crippen LogP contribution is 2.54. The molecular weight excluding hydrogens is 606 g/mol. The van der Waals surface area contributed by atoms with E-state index in [0.717, 1.165) is 53.7 Å². The zero-order valence-corrected chi connectivity index (χ0v) is 28.6. The number of H-pyrrole nitrogens is 1. The van der Waals surface area contributed by atoms with Gasteiger partial charge in [0.15, 0.2) is 0 Å². The molecule has 258 valence electrons. The molecule has 3 aromatic rings. The van der Waals surface area contributed by atoms with Crippen LogP contribution in [0.3, 0.4) is 0 Å². The number of piperidine rings is 1. The Hall–Kier alpha value is -3.63. The fourth-order valence-corrected chi connectivity index (χ4v) is 9.07. The van der Waals surface area contributed by atoms with Crippen molar-refractivity contribution in [2.24, 2.45) is 17.8 Å². The maximum absolute atomic E-state index is 14.9. The number of benzene rings is 1. The predicted octanol–water partition coefficient (Wildman–Crippen LogP) is 4.93. The number of hydrogen-bond acceptors (Lipinski definition) is 6. The van der Waals surface area contributed by atoms with Gasteiger partial charge in [0, 0.05) is 60.7 Å². The first-order chi connectivity index (χ1) is 23.3. The van der Waals surface area contributed by atoms with Crippen LogP contribution >= 0.6 is 0 Å². The maximum atomic E-state index is 14.9. The SMILES string of the molecule is CN(C)CCCNC(=O)C[C@H]1C[C@H](C(=O)N2CCOCC2)[C@@]2(CCC3CCCC3)c3[nH]c4cc(-c5ccco5)ccc4c3CCN2C1=O. The second-order valence-corrected chi connectivity index (χ2v) is 14.7. The number of nitrogens with one attached hydrogen (secondary N) is 2. The Kier molecular flexibility index (Phi) is 9.65. The molecule has 3 amide bonds. The van der Waals surface area contributed by atoms with Gasteiger partial charge in [-0.25, -0.2) is 0 Å². The molecule has 48 heavy (non-hydrogen) atoms. The number of carbonyl (C=O) groups is 3. The number of aromatic nitrogens is 1. The second kappa shape index (κ2) is 14.1. The van der Waals surface area contributed by atoms with Crippen LogP contribution in [0.4, 0.5) is 0 Å². The molecule has 1 saturated carbocycles. The van der Waals surface area contributed by atoms with Gasteiger partial charge in [0.05, 0.1) is 30.9 Å².